The number of thiazole rings is 1. The van der Waals surface area contributed by atoms with E-state index in [1.54, 1.807) is 6.07 Å². The Morgan fingerprint density at radius 2 is 2.05 bits per heavy atom. The molecular weight excluding hydrogens is 287 g/mol. The highest BCUT2D eigenvalue weighted by atomic mass is 32.1. The number of Topliss-reactive ketones (excluding diaryl/α,β-unsaturated/α-hetero) is 1. The Morgan fingerprint density at radius 1 is 1.38 bits per heavy atom. The minimum absolute atomic E-state index is 0.0726. The van der Waals surface area contributed by atoms with Crippen molar-refractivity contribution in [1.82, 2.24) is 4.98 Å². The van der Waals surface area contributed by atoms with Crippen molar-refractivity contribution in [3.63, 3.8) is 0 Å². The zero-order valence-electron chi connectivity index (χ0n) is 12.1. The zero-order chi connectivity index (χ0) is 15.6. The predicted octanol–water partition coefficient (Wildman–Crippen LogP) is 4.07. The average Bonchev–Trinajstić information content (AvgIpc) is 2.89. The van der Waals surface area contributed by atoms with E-state index in [9.17, 15) is 14.4 Å². The molecule has 0 amide bonds. The molecule has 5 heteroatoms. The number of carbonyl (C=O) groups excluding carboxylic acids is 1. The number of nitriles is 1. The lowest BCUT2D eigenvalue weighted by Gasteiger charge is -2.14. The van der Waals surface area contributed by atoms with Crippen LogP contribution in [0.5, 0.6) is 0 Å². The maximum Gasteiger partial charge on any atom is 0.189 e. The molecule has 2 aromatic rings. The van der Waals surface area contributed by atoms with Crippen molar-refractivity contribution in [2.45, 2.75) is 32.1 Å². The third-order valence-electron chi connectivity index (χ3n) is 3.07. The van der Waals surface area contributed by atoms with Gasteiger partial charge in [-0.05, 0) is 12.1 Å². The Balaban J connectivity index is 2.37. The molecule has 0 bridgehead atoms. The highest BCUT2D eigenvalue weighted by molar-refractivity contribution is 7.10. The van der Waals surface area contributed by atoms with Crippen molar-refractivity contribution in [1.29, 1.82) is 5.26 Å². The van der Waals surface area contributed by atoms with Gasteiger partial charge in [-0.25, -0.2) is 9.37 Å². The summed E-state index contributed by atoms with van der Waals surface area (Å²) < 4.78 is 13.7. The maximum absolute atomic E-state index is 13.7. The molecular formula is C16H15FN2OS. The molecule has 1 heterocycles. The molecule has 0 aliphatic heterocycles. The van der Waals surface area contributed by atoms with E-state index in [0.717, 1.165) is 5.69 Å². The van der Waals surface area contributed by atoms with Gasteiger partial charge in [0.2, 0.25) is 0 Å². The molecule has 2 rings (SSSR count). The van der Waals surface area contributed by atoms with Crippen molar-refractivity contribution in [2.75, 3.05) is 0 Å². The number of hydrogen-bond donors (Lipinski definition) is 0. The van der Waals surface area contributed by atoms with E-state index >= 15 is 0 Å². The molecule has 0 N–H and O–H groups in total. The smallest absolute Gasteiger partial charge is 0.189 e. The molecule has 0 radical (unpaired) electrons. The second kappa shape index (κ2) is 5.74. The molecule has 0 spiro atoms. The summed E-state index contributed by atoms with van der Waals surface area (Å²) in [7, 11) is 0. The normalized spacial score (nSPS) is 12.7. The zero-order valence-corrected chi connectivity index (χ0v) is 12.9. The van der Waals surface area contributed by atoms with E-state index in [1.165, 1.54) is 29.5 Å². The lowest BCUT2D eigenvalue weighted by molar-refractivity contribution is 0.0975. The number of carbonyl (C=O) groups is 1. The van der Waals surface area contributed by atoms with Gasteiger partial charge in [-0.2, -0.15) is 5.26 Å². The standard InChI is InChI=1S/C16H15FN2OS/c1-16(2,3)13-9-21-15(19-13)11(8-18)14(20)10-6-4-5-7-12(10)17/h4-7,9,11H,1-3H3. The van der Waals surface area contributed by atoms with E-state index in [-0.39, 0.29) is 11.0 Å². The van der Waals surface area contributed by atoms with Crippen LogP contribution in [0.4, 0.5) is 4.39 Å². The molecule has 1 unspecified atom stereocenters. The van der Waals surface area contributed by atoms with Crippen molar-refractivity contribution in [3.05, 3.63) is 51.7 Å². The average molecular weight is 302 g/mol. The van der Waals surface area contributed by atoms with Crippen LogP contribution in [0.25, 0.3) is 0 Å². The van der Waals surface area contributed by atoms with Gasteiger partial charge in [0.1, 0.15) is 10.8 Å². The van der Waals surface area contributed by atoms with Gasteiger partial charge in [-0.15, -0.1) is 11.3 Å². The lowest BCUT2D eigenvalue weighted by atomic mass is 9.93. The highest BCUT2D eigenvalue weighted by Crippen LogP contribution is 2.29. The van der Waals surface area contributed by atoms with Gasteiger partial charge in [0.05, 0.1) is 17.3 Å². The summed E-state index contributed by atoms with van der Waals surface area (Å²) in [5.41, 5.74) is 0.594. The van der Waals surface area contributed by atoms with Crippen LogP contribution in [-0.4, -0.2) is 10.8 Å². The minimum atomic E-state index is -1.07. The summed E-state index contributed by atoms with van der Waals surface area (Å²) in [5, 5.41) is 11.5. The number of halogens is 1. The van der Waals surface area contributed by atoms with Crippen LogP contribution in [-0.2, 0) is 5.41 Å². The largest absolute Gasteiger partial charge is 0.292 e. The number of hydrogen-bond acceptors (Lipinski definition) is 4. The number of rotatable bonds is 3. The summed E-state index contributed by atoms with van der Waals surface area (Å²) in [6, 6.07) is 7.63. The van der Waals surface area contributed by atoms with E-state index in [2.05, 4.69) is 4.98 Å². The molecule has 1 aromatic heterocycles. The van der Waals surface area contributed by atoms with E-state index in [4.69, 9.17) is 0 Å². The number of aromatic nitrogens is 1. The fourth-order valence-electron chi connectivity index (χ4n) is 1.81. The fourth-order valence-corrected chi connectivity index (χ4v) is 2.89. The molecule has 1 atom stereocenters. The molecule has 0 aliphatic rings. The molecule has 0 aliphatic carbocycles. The first-order valence-corrected chi connectivity index (χ1v) is 7.37. The molecule has 3 nitrogen and oxygen atoms in total. The molecule has 1 aromatic carbocycles. The quantitative estimate of drug-likeness (QED) is 0.803. The van der Waals surface area contributed by atoms with Gasteiger partial charge in [0, 0.05) is 10.8 Å². The van der Waals surface area contributed by atoms with Gasteiger partial charge >= 0.3 is 0 Å². The Morgan fingerprint density at radius 3 is 2.57 bits per heavy atom. The van der Waals surface area contributed by atoms with Crippen LogP contribution in [0.1, 0.15) is 47.7 Å². The molecule has 0 saturated heterocycles. The summed E-state index contributed by atoms with van der Waals surface area (Å²) in [6.45, 7) is 6.02. The molecule has 108 valence electrons. The topological polar surface area (TPSA) is 53.8 Å². The van der Waals surface area contributed by atoms with Gasteiger partial charge < -0.3 is 0 Å². The Labute approximate surface area is 127 Å². The van der Waals surface area contributed by atoms with Crippen LogP contribution in [0.3, 0.4) is 0 Å². The first-order valence-electron chi connectivity index (χ1n) is 6.49. The SMILES string of the molecule is CC(C)(C)c1csc(C(C#N)C(=O)c2ccccc2F)n1. The second-order valence-electron chi connectivity index (χ2n) is 5.73. The third kappa shape index (κ3) is 3.17. The molecule has 0 saturated carbocycles. The van der Waals surface area contributed by atoms with Crippen LogP contribution < -0.4 is 0 Å². The first-order chi connectivity index (χ1) is 9.84. The van der Waals surface area contributed by atoms with Crippen molar-refractivity contribution in [2.24, 2.45) is 0 Å². The maximum atomic E-state index is 13.7. The van der Waals surface area contributed by atoms with Crippen molar-refractivity contribution >= 4 is 17.1 Å². The third-order valence-corrected chi connectivity index (χ3v) is 3.98. The number of ketones is 1. The summed E-state index contributed by atoms with van der Waals surface area (Å²) in [6.07, 6.45) is 0. The predicted molar refractivity (Wildman–Crippen MR) is 79.9 cm³/mol. The Hall–Kier alpha value is -2.06. The van der Waals surface area contributed by atoms with Crippen molar-refractivity contribution < 1.29 is 9.18 Å². The summed E-state index contributed by atoms with van der Waals surface area (Å²) in [4.78, 5) is 16.7. The number of nitrogens with zero attached hydrogens (tertiary/aromatic N) is 2. The van der Waals surface area contributed by atoms with Gasteiger partial charge in [0.25, 0.3) is 0 Å². The van der Waals surface area contributed by atoms with Crippen LogP contribution in [0.2, 0.25) is 0 Å². The van der Waals surface area contributed by atoms with E-state index in [1.807, 2.05) is 32.2 Å². The molecule has 0 fully saturated rings. The lowest BCUT2D eigenvalue weighted by Crippen LogP contribution is -2.15. The van der Waals surface area contributed by atoms with Crippen LogP contribution >= 0.6 is 11.3 Å². The van der Waals surface area contributed by atoms with Crippen LogP contribution in [0, 0.1) is 17.1 Å². The van der Waals surface area contributed by atoms with E-state index < -0.39 is 17.5 Å². The Bertz CT molecular complexity index is 710. The van der Waals surface area contributed by atoms with Gasteiger partial charge in [-0.3, -0.25) is 4.79 Å². The summed E-state index contributed by atoms with van der Waals surface area (Å²) in [5.74, 6) is -2.23. The Kier molecular flexibility index (Phi) is 4.19. The molecule has 21 heavy (non-hydrogen) atoms. The number of benzene rings is 1. The van der Waals surface area contributed by atoms with Crippen molar-refractivity contribution in [3.8, 4) is 6.07 Å². The van der Waals surface area contributed by atoms with Gasteiger partial charge in [0.15, 0.2) is 11.7 Å². The second-order valence-corrected chi connectivity index (χ2v) is 6.62. The first kappa shape index (κ1) is 15.3. The monoisotopic (exact) mass is 302 g/mol. The van der Waals surface area contributed by atoms with E-state index in [0.29, 0.717) is 5.01 Å². The fraction of sp³-hybridized carbons (Fsp3) is 0.312. The highest BCUT2D eigenvalue weighted by Gasteiger charge is 2.28. The minimum Gasteiger partial charge on any atom is -0.292 e. The van der Waals surface area contributed by atoms with Gasteiger partial charge in [-0.1, -0.05) is 32.9 Å². The summed E-state index contributed by atoms with van der Waals surface area (Å²) >= 11 is 1.26. The van der Waals surface area contributed by atoms with Crippen LogP contribution in [0.15, 0.2) is 29.6 Å².